The number of nitriles is 2. The molecule has 7 nitrogen and oxygen atoms in total. The van der Waals surface area contributed by atoms with E-state index in [0.29, 0.717) is 33.4 Å². The summed E-state index contributed by atoms with van der Waals surface area (Å²) in [4.78, 5) is 13.9. The molecule has 0 spiro atoms. The fraction of sp³-hybridized carbons (Fsp3) is 0.286. The normalized spacial score (nSPS) is 14.5. The van der Waals surface area contributed by atoms with Gasteiger partial charge in [0, 0.05) is 4.88 Å². The Morgan fingerprint density at radius 1 is 1.28 bits per heavy atom. The predicted molar refractivity (Wildman–Crippen MR) is 107 cm³/mol. The summed E-state index contributed by atoms with van der Waals surface area (Å²) in [7, 11) is 1.50. The molecule has 1 N–H and O–H groups in total. The summed E-state index contributed by atoms with van der Waals surface area (Å²) in [6.07, 6.45) is 5.35. The smallest absolute Gasteiger partial charge is 0.266 e. The number of nitrogens with one attached hydrogen (secondary N) is 1. The van der Waals surface area contributed by atoms with E-state index < -0.39 is 5.91 Å². The van der Waals surface area contributed by atoms with Crippen molar-refractivity contribution in [3.63, 3.8) is 0 Å². The highest BCUT2D eigenvalue weighted by molar-refractivity contribution is 7.16. The minimum Gasteiger partial charge on any atom is -0.493 e. The van der Waals surface area contributed by atoms with Crippen LogP contribution in [-0.2, 0) is 17.6 Å². The molecule has 4 rings (SSSR count). The van der Waals surface area contributed by atoms with Crippen LogP contribution in [0.3, 0.4) is 0 Å². The molecule has 0 unspecified atom stereocenters. The predicted octanol–water partition coefficient (Wildman–Crippen LogP) is 3.78. The Labute approximate surface area is 171 Å². The summed E-state index contributed by atoms with van der Waals surface area (Å²) in [5, 5.41) is 22.3. The topological polar surface area (TPSA) is 104 Å². The molecule has 1 aliphatic heterocycles. The van der Waals surface area contributed by atoms with Crippen molar-refractivity contribution in [2.75, 3.05) is 19.2 Å². The van der Waals surface area contributed by atoms with E-state index in [1.165, 1.54) is 24.5 Å². The number of rotatable bonds is 4. The van der Waals surface area contributed by atoms with Crippen molar-refractivity contribution in [3.8, 4) is 29.4 Å². The number of thiophene rings is 1. The molecule has 1 aromatic carbocycles. The van der Waals surface area contributed by atoms with Crippen molar-refractivity contribution >= 4 is 28.3 Å². The Hall–Kier alpha value is -3.49. The Bertz CT molecular complexity index is 1100. The van der Waals surface area contributed by atoms with E-state index >= 15 is 0 Å². The van der Waals surface area contributed by atoms with Gasteiger partial charge in [-0.05, 0) is 55.0 Å². The van der Waals surface area contributed by atoms with E-state index in [0.717, 1.165) is 36.1 Å². The van der Waals surface area contributed by atoms with Crippen LogP contribution in [0.2, 0.25) is 0 Å². The molecule has 0 saturated carbocycles. The van der Waals surface area contributed by atoms with Crippen molar-refractivity contribution in [2.24, 2.45) is 0 Å². The second-order valence-corrected chi connectivity index (χ2v) is 7.71. The van der Waals surface area contributed by atoms with Crippen molar-refractivity contribution in [1.82, 2.24) is 0 Å². The SMILES string of the molecule is COc1cc(C=C(C#N)C(=O)Nc2sc3c(c2C#N)CCCC3)cc2c1OCO2. The third-order valence-electron chi connectivity index (χ3n) is 4.87. The number of benzene rings is 1. The molecule has 0 bridgehead atoms. The van der Waals surface area contributed by atoms with Gasteiger partial charge in [0.2, 0.25) is 12.5 Å². The molecule has 1 aliphatic carbocycles. The number of fused-ring (bicyclic) bond motifs is 2. The van der Waals surface area contributed by atoms with Crippen LogP contribution in [0, 0.1) is 22.7 Å². The largest absolute Gasteiger partial charge is 0.493 e. The lowest BCUT2D eigenvalue weighted by atomic mass is 9.96. The summed E-state index contributed by atoms with van der Waals surface area (Å²) in [6, 6.07) is 7.49. The first kappa shape index (κ1) is 18.9. The Morgan fingerprint density at radius 3 is 2.86 bits per heavy atom. The molecule has 0 fully saturated rings. The standard InChI is InChI=1S/C21H17N3O4S/c1-26-16-7-12(8-17-19(16)28-11-27-17)6-13(9-22)20(25)24-21-15(10-23)14-4-2-3-5-18(14)29-21/h6-8H,2-5,11H2,1H3,(H,24,25). The number of carbonyl (C=O) groups excluding carboxylic acids is 1. The lowest BCUT2D eigenvalue weighted by molar-refractivity contribution is -0.112. The number of anilines is 1. The minimum atomic E-state index is -0.556. The zero-order valence-electron chi connectivity index (χ0n) is 15.7. The van der Waals surface area contributed by atoms with Gasteiger partial charge in [0.25, 0.3) is 5.91 Å². The van der Waals surface area contributed by atoms with Crippen molar-refractivity contribution in [2.45, 2.75) is 25.7 Å². The van der Waals surface area contributed by atoms with E-state index in [-0.39, 0.29) is 12.4 Å². The van der Waals surface area contributed by atoms with Gasteiger partial charge in [-0.1, -0.05) is 0 Å². The zero-order valence-corrected chi connectivity index (χ0v) is 16.5. The van der Waals surface area contributed by atoms with Crippen LogP contribution in [0.4, 0.5) is 5.00 Å². The Balaban J connectivity index is 1.63. The molecule has 146 valence electrons. The van der Waals surface area contributed by atoms with Gasteiger partial charge in [-0.2, -0.15) is 10.5 Å². The first-order valence-corrected chi connectivity index (χ1v) is 9.91. The van der Waals surface area contributed by atoms with Crippen LogP contribution in [0.1, 0.15) is 34.4 Å². The molecular formula is C21H17N3O4S. The molecule has 1 aromatic heterocycles. The quantitative estimate of drug-likeness (QED) is 0.611. The molecular weight excluding hydrogens is 390 g/mol. The van der Waals surface area contributed by atoms with Gasteiger partial charge in [-0.25, -0.2) is 0 Å². The van der Waals surface area contributed by atoms with Gasteiger partial charge in [0.1, 0.15) is 22.7 Å². The highest BCUT2D eigenvalue weighted by atomic mass is 32.1. The fourth-order valence-corrected chi connectivity index (χ4v) is 4.73. The average Bonchev–Trinajstić information content (AvgIpc) is 3.34. The van der Waals surface area contributed by atoms with Crippen molar-refractivity contribution in [3.05, 3.63) is 39.3 Å². The summed E-state index contributed by atoms with van der Waals surface area (Å²) in [6.45, 7) is 0.0877. The highest BCUT2D eigenvalue weighted by Crippen LogP contribution is 2.42. The number of ether oxygens (including phenoxy) is 3. The third-order valence-corrected chi connectivity index (χ3v) is 6.07. The van der Waals surface area contributed by atoms with E-state index in [1.54, 1.807) is 12.1 Å². The second-order valence-electron chi connectivity index (χ2n) is 6.61. The van der Waals surface area contributed by atoms with E-state index in [4.69, 9.17) is 14.2 Å². The molecule has 0 atom stereocenters. The maximum Gasteiger partial charge on any atom is 0.266 e. The number of aryl methyl sites for hydroxylation is 1. The molecule has 2 aliphatic rings. The first-order valence-electron chi connectivity index (χ1n) is 9.10. The van der Waals surface area contributed by atoms with Crippen LogP contribution in [0.15, 0.2) is 17.7 Å². The van der Waals surface area contributed by atoms with E-state index in [2.05, 4.69) is 11.4 Å². The maximum absolute atomic E-state index is 12.7. The summed E-state index contributed by atoms with van der Waals surface area (Å²) in [5.41, 5.74) is 2.03. The van der Waals surface area contributed by atoms with Crippen LogP contribution in [0.5, 0.6) is 17.2 Å². The molecule has 0 saturated heterocycles. The van der Waals surface area contributed by atoms with Gasteiger partial charge >= 0.3 is 0 Å². The molecule has 29 heavy (non-hydrogen) atoms. The van der Waals surface area contributed by atoms with Gasteiger partial charge < -0.3 is 19.5 Å². The fourth-order valence-electron chi connectivity index (χ4n) is 3.49. The Kier molecular flexibility index (Phi) is 5.11. The molecule has 8 heteroatoms. The van der Waals surface area contributed by atoms with E-state index in [9.17, 15) is 15.3 Å². The monoisotopic (exact) mass is 407 g/mol. The van der Waals surface area contributed by atoms with Crippen LogP contribution in [-0.4, -0.2) is 19.8 Å². The zero-order chi connectivity index (χ0) is 20.4. The number of methoxy groups -OCH3 is 1. The lowest BCUT2D eigenvalue weighted by Gasteiger charge is -2.09. The summed E-state index contributed by atoms with van der Waals surface area (Å²) < 4.78 is 16.0. The van der Waals surface area contributed by atoms with Gasteiger partial charge in [0.05, 0.1) is 12.7 Å². The van der Waals surface area contributed by atoms with Gasteiger partial charge in [0.15, 0.2) is 11.5 Å². The van der Waals surface area contributed by atoms with Crippen LogP contribution in [0.25, 0.3) is 6.08 Å². The van der Waals surface area contributed by atoms with Crippen molar-refractivity contribution < 1.29 is 19.0 Å². The average molecular weight is 407 g/mol. The maximum atomic E-state index is 12.7. The third kappa shape index (κ3) is 3.51. The first-order chi connectivity index (χ1) is 14.1. The molecule has 1 amide bonds. The number of amides is 1. The molecule has 0 radical (unpaired) electrons. The number of nitrogens with zero attached hydrogens (tertiary/aromatic N) is 2. The van der Waals surface area contributed by atoms with Crippen LogP contribution >= 0.6 is 11.3 Å². The second kappa shape index (κ2) is 7.86. The minimum absolute atomic E-state index is 0.0822. The Morgan fingerprint density at radius 2 is 2.10 bits per heavy atom. The summed E-state index contributed by atoms with van der Waals surface area (Å²) >= 11 is 1.42. The lowest BCUT2D eigenvalue weighted by Crippen LogP contribution is -2.13. The molecule has 2 aromatic rings. The number of hydrogen-bond donors (Lipinski definition) is 1. The number of hydrogen-bond acceptors (Lipinski definition) is 7. The van der Waals surface area contributed by atoms with Crippen molar-refractivity contribution in [1.29, 1.82) is 10.5 Å². The highest BCUT2D eigenvalue weighted by Gasteiger charge is 2.23. The van der Waals surface area contributed by atoms with Crippen LogP contribution < -0.4 is 19.5 Å². The molecule has 2 heterocycles. The van der Waals surface area contributed by atoms with Gasteiger partial charge in [-0.3, -0.25) is 4.79 Å². The summed E-state index contributed by atoms with van der Waals surface area (Å²) in [5.74, 6) is 0.891. The van der Waals surface area contributed by atoms with E-state index in [1.807, 2.05) is 6.07 Å². The number of carbonyl (C=O) groups is 1. The van der Waals surface area contributed by atoms with Gasteiger partial charge in [-0.15, -0.1) is 11.3 Å².